The van der Waals surface area contributed by atoms with E-state index in [4.69, 9.17) is 4.03 Å². The van der Waals surface area contributed by atoms with Gasteiger partial charge in [-0.15, -0.1) is 0 Å². The molecule has 0 heterocycles. The zero-order chi connectivity index (χ0) is 4.99. The van der Waals surface area contributed by atoms with Crippen LogP contribution in [0.4, 0.5) is 0 Å². The summed E-state index contributed by atoms with van der Waals surface area (Å²) >= 11 is -4.81. The molecule has 0 unspecified atom stereocenters. The zero-order valence-corrected chi connectivity index (χ0v) is 5.36. The van der Waals surface area contributed by atoms with E-state index in [-0.39, 0.29) is 0 Å². The van der Waals surface area contributed by atoms with Crippen LogP contribution in [0.15, 0.2) is 0 Å². The normalized spacial score (nSPS) is 7.50. The van der Waals surface area contributed by atoms with Gasteiger partial charge >= 0.3 is 46.4 Å². The molecule has 0 atom stereocenters. The van der Waals surface area contributed by atoms with Gasteiger partial charge in [-0.1, -0.05) is 0 Å². The van der Waals surface area contributed by atoms with Crippen molar-refractivity contribution in [3.05, 3.63) is 0 Å². The summed E-state index contributed by atoms with van der Waals surface area (Å²) in [5, 5.41) is 0. The first kappa shape index (κ1) is 6.69. The van der Waals surface area contributed by atoms with Crippen LogP contribution in [0, 0.1) is 0 Å². The summed E-state index contributed by atoms with van der Waals surface area (Å²) in [6.45, 7) is 0. The Morgan fingerprint density at radius 1 is 1.83 bits per heavy atom. The van der Waals surface area contributed by atoms with Crippen molar-refractivity contribution in [2.45, 2.75) is 0 Å². The second kappa shape index (κ2) is 3.86. The molecule has 0 rings (SSSR count). The molecule has 0 aromatic carbocycles. The second-order valence-electron chi connectivity index (χ2n) is 0.394. The van der Waals surface area contributed by atoms with E-state index in [1.54, 1.807) is 0 Å². The van der Waals surface area contributed by atoms with E-state index in [1.165, 1.54) is 0 Å². The number of hydrogen-bond acceptors (Lipinski definition) is 3. The Labute approximate surface area is 46.7 Å². The third-order valence-electron chi connectivity index (χ3n) is 0.103. The van der Waals surface area contributed by atoms with Crippen molar-refractivity contribution in [3.63, 3.8) is 0 Å². The predicted molar refractivity (Wildman–Crippen MR) is 4.68 cm³/mol. The van der Waals surface area contributed by atoms with Gasteiger partial charge in [0.1, 0.15) is 0 Å². The molecule has 6 heavy (non-hydrogen) atoms. The molecule has 0 aliphatic rings. The molecule has 35 valence electrons. The molecule has 0 bridgehead atoms. The van der Waals surface area contributed by atoms with Crippen LogP contribution in [-0.2, 0) is 42.3 Å². The third kappa shape index (κ3) is 4.69. The van der Waals surface area contributed by atoms with Gasteiger partial charge in [-0.05, 0) is 0 Å². The van der Waals surface area contributed by atoms with E-state index in [2.05, 4.69) is 2.59 Å². The van der Waals surface area contributed by atoms with Gasteiger partial charge in [-0.25, -0.2) is 0 Å². The summed E-state index contributed by atoms with van der Waals surface area (Å²) in [6.07, 6.45) is 0. The van der Waals surface area contributed by atoms with Gasteiger partial charge in [0.05, 0.1) is 0 Å². The second-order valence-corrected chi connectivity index (χ2v) is 2.68. The first-order chi connectivity index (χ1) is 2.77. The van der Waals surface area contributed by atoms with Gasteiger partial charge in [-0.2, -0.15) is 0 Å². The number of rotatable bonds is 2. The van der Waals surface area contributed by atoms with Crippen molar-refractivity contribution < 1.29 is 46.4 Å². The van der Waals surface area contributed by atoms with Crippen LogP contribution in [0.3, 0.4) is 0 Å². The van der Waals surface area contributed by atoms with Crippen LogP contribution in [0.1, 0.15) is 0 Å². The van der Waals surface area contributed by atoms with Crippen molar-refractivity contribution >= 4 is 0 Å². The fraction of sp³-hybridized carbons (Fsp3) is 0. The minimum atomic E-state index is -3.24. The molecule has 0 fully saturated rings. The van der Waals surface area contributed by atoms with E-state index in [0.29, 0.717) is 0 Å². The average molecular weight is 167 g/mol. The fourth-order valence-electron chi connectivity index (χ4n) is 0.0285. The number of hydrogen-bond donors (Lipinski definition) is 1. The van der Waals surface area contributed by atoms with Crippen LogP contribution in [0.25, 0.3) is 0 Å². The van der Waals surface area contributed by atoms with Gasteiger partial charge in [0.2, 0.25) is 0 Å². The molecule has 0 aliphatic carbocycles. The average Bonchev–Trinajstić information content (AvgIpc) is 1.35. The first-order valence-electron chi connectivity index (χ1n) is 0.930. The van der Waals surface area contributed by atoms with E-state index >= 15 is 0 Å². The van der Waals surface area contributed by atoms with Crippen LogP contribution in [-0.4, -0.2) is 4.03 Å². The molecule has 0 saturated heterocycles. The predicted octanol–water partition coefficient (Wildman–Crippen LogP) is -0.868. The Morgan fingerprint density at radius 3 is 2.33 bits per heavy atom. The third-order valence-corrected chi connectivity index (χ3v) is 1.75. The van der Waals surface area contributed by atoms with Crippen LogP contribution in [0.2, 0.25) is 0 Å². The molecular formula is HO4V2. The van der Waals surface area contributed by atoms with E-state index in [0.717, 1.165) is 0 Å². The van der Waals surface area contributed by atoms with Gasteiger partial charge in [0.15, 0.2) is 0 Å². The van der Waals surface area contributed by atoms with Gasteiger partial charge in [-0.3, -0.25) is 0 Å². The molecule has 0 radical (unpaired) electrons. The molecule has 0 spiro atoms. The minimum absolute atomic E-state index is 1.57. The maximum absolute atomic E-state index is 9.43. The summed E-state index contributed by atoms with van der Waals surface area (Å²) in [5.41, 5.74) is 0. The van der Waals surface area contributed by atoms with Gasteiger partial charge < -0.3 is 0 Å². The van der Waals surface area contributed by atoms with Crippen LogP contribution in [0.5, 0.6) is 0 Å². The van der Waals surface area contributed by atoms with Crippen LogP contribution < -0.4 is 0 Å². The van der Waals surface area contributed by atoms with Crippen LogP contribution >= 0.6 is 0 Å². The molecule has 0 saturated carbocycles. The SMILES string of the molecule is [O]=[V][O][V](=[O])[OH]. The Morgan fingerprint density at radius 2 is 2.33 bits per heavy atom. The molecule has 0 aromatic rings. The Hall–Kier alpha value is 0.689. The standard InChI is InChI=1S/H2O.3O.2V/h1H2;;;;;/q;;;;;+1/p-1. The van der Waals surface area contributed by atoms with Crippen molar-refractivity contribution in [1.82, 2.24) is 0 Å². The van der Waals surface area contributed by atoms with E-state index in [9.17, 15) is 7.35 Å². The summed E-state index contributed by atoms with van der Waals surface area (Å²) in [4.78, 5) is 0. The summed E-state index contributed by atoms with van der Waals surface area (Å²) < 4.78 is 30.2. The molecule has 0 amide bonds. The summed E-state index contributed by atoms with van der Waals surface area (Å²) in [6, 6.07) is 0. The van der Waals surface area contributed by atoms with Gasteiger partial charge in [0.25, 0.3) is 0 Å². The molecule has 1 N–H and O–H groups in total. The molecule has 0 aromatic heterocycles. The quantitative estimate of drug-likeness (QED) is 0.580. The summed E-state index contributed by atoms with van der Waals surface area (Å²) in [5.74, 6) is 0. The topological polar surface area (TPSA) is 63.6 Å². The first-order valence-corrected chi connectivity index (χ1v) is 3.84. The molecule has 4 nitrogen and oxygen atoms in total. The Bertz CT molecular complexity index is 65.9. The van der Waals surface area contributed by atoms with Crippen molar-refractivity contribution in [3.8, 4) is 0 Å². The molecule has 0 aliphatic heterocycles. The molecular weight excluding hydrogens is 166 g/mol. The van der Waals surface area contributed by atoms with E-state index in [1.807, 2.05) is 0 Å². The fourth-order valence-corrected chi connectivity index (χ4v) is 0.485. The van der Waals surface area contributed by atoms with Crippen molar-refractivity contribution in [1.29, 1.82) is 0 Å². The monoisotopic (exact) mass is 167 g/mol. The van der Waals surface area contributed by atoms with Crippen molar-refractivity contribution in [2.24, 2.45) is 0 Å². The van der Waals surface area contributed by atoms with E-state index < -0.39 is 32.4 Å². The Kier molecular flexibility index (Phi) is 4.31. The maximum atomic E-state index is 9.43. The van der Waals surface area contributed by atoms with Gasteiger partial charge in [0, 0.05) is 0 Å². The molecule has 6 heteroatoms. The zero-order valence-electron chi connectivity index (χ0n) is 2.57. The Balaban J connectivity index is 3.05. The summed E-state index contributed by atoms with van der Waals surface area (Å²) in [7, 11) is 0. The van der Waals surface area contributed by atoms with Crippen molar-refractivity contribution in [2.75, 3.05) is 0 Å².